The summed E-state index contributed by atoms with van der Waals surface area (Å²) < 4.78 is 5.85. The van der Waals surface area contributed by atoms with E-state index >= 15 is 0 Å². The maximum Gasteiger partial charge on any atom is 0.316 e. The Balaban J connectivity index is 1.02. The molecule has 1 unspecified atom stereocenters. The smallest absolute Gasteiger partial charge is 0.316 e. The Kier molecular flexibility index (Phi) is 10.7. The van der Waals surface area contributed by atoms with Crippen molar-refractivity contribution >= 4 is 17.7 Å². The molecule has 8 rings (SSSR count). The van der Waals surface area contributed by atoms with Gasteiger partial charge in [-0.2, -0.15) is 11.8 Å². The summed E-state index contributed by atoms with van der Waals surface area (Å²) in [7, 11) is 0. The van der Waals surface area contributed by atoms with E-state index in [-0.39, 0.29) is 23.6 Å². The molecule has 8 heteroatoms. The van der Waals surface area contributed by atoms with Crippen molar-refractivity contribution in [2.24, 2.45) is 63.1 Å². The summed E-state index contributed by atoms with van der Waals surface area (Å²) in [5.41, 5.74) is 4.32. The van der Waals surface area contributed by atoms with Gasteiger partial charge in [-0.1, -0.05) is 58.9 Å². The molecule has 6 aliphatic carbocycles. The number of fused-ring (bicyclic) bond motifs is 7. The number of hydrogen-bond acceptors (Lipinski definition) is 7. The Hall–Kier alpha value is -2.16. The largest absolute Gasteiger partial charge is 0.481 e. The van der Waals surface area contributed by atoms with Crippen molar-refractivity contribution in [1.82, 2.24) is 20.2 Å². The van der Waals surface area contributed by atoms with Crippen molar-refractivity contribution in [1.29, 1.82) is 0 Å². The zero-order valence-corrected chi connectivity index (χ0v) is 35.7. The minimum Gasteiger partial charge on any atom is -0.481 e. The van der Waals surface area contributed by atoms with E-state index in [0.29, 0.717) is 53.3 Å². The fourth-order valence-electron chi connectivity index (χ4n) is 14.6. The lowest BCUT2D eigenvalue weighted by atomic mass is 9.35. The van der Waals surface area contributed by atoms with Crippen LogP contribution < -0.4 is 10.1 Å². The van der Waals surface area contributed by atoms with Gasteiger partial charge < -0.3 is 20.1 Å². The molecular weight excluding hydrogens is 701 g/mol. The number of aliphatic carboxylic acids is 1. The van der Waals surface area contributed by atoms with Crippen LogP contribution in [0.25, 0.3) is 0 Å². The van der Waals surface area contributed by atoms with Crippen molar-refractivity contribution in [3.63, 3.8) is 0 Å². The van der Waals surface area contributed by atoms with Gasteiger partial charge >= 0.3 is 12.0 Å². The lowest BCUT2D eigenvalue weighted by Gasteiger charge is -2.70. The van der Waals surface area contributed by atoms with Crippen LogP contribution in [0, 0.1) is 63.1 Å². The van der Waals surface area contributed by atoms with E-state index in [4.69, 9.17) is 4.74 Å². The van der Waals surface area contributed by atoms with Crippen LogP contribution in [0.2, 0.25) is 0 Å². The first-order chi connectivity index (χ1) is 26.2. The third-order valence-corrected chi connectivity index (χ3v) is 18.8. The number of aromatic nitrogens is 2. The third-order valence-electron chi connectivity index (χ3n) is 17.9. The molecule has 7 aliphatic rings. The Morgan fingerprint density at radius 1 is 0.982 bits per heavy atom. The molecular formula is C47H70N4O3S. The van der Waals surface area contributed by atoms with Crippen molar-refractivity contribution < 1.29 is 14.6 Å². The van der Waals surface area contributed by atoms with Gasteiger partial charge in [-0.3, -0.25) is 4.79 Å². The van der Waals surface area contributed by atoms with Crippen LogP contribution in [-0.2, 0) is 4.79 Å². The summed E-state index contributed by atoms with van der Waals surface area (Å²) in [6.07, 6.45) is 20.6. The highest BCUT2D eigenvalue weighted by molar-refractivity contribution is 7.99. The van der Waals surface area contributed by atoms with Gasteiger partial charge in [-0.15, -0.1) is 0 Å². The monoisotopic (exact) mass is 771 g/mol. The van der Waals surface area contributed by atoms with Gasteiger partial charge in [0.2, 0.25) is 0 Å². The zero-order chi connectivity index (χ0) is 38.8. The van der Waals surface area contributed by atoms with Gasteiger partial charge in [0.1, 0.15) is 12.0 Å². The number of carbonyl (C=O) groups is 1. The normalized spacial score (nSPS) is 42.5. The maximum atomic E-state index is 12.7. The molecule has 55 heavy (non-hydrogen) atoms. The number of nitrogens with zero attached hydrogens (tertiary/aromatic N) is 3. The summed E-state index contributed by atoms with van der Waals surface area (Å²) in [5.74, 6) is 6.43. The Morgan fingerprint density at radius 3 is 2.40 bits per heavy atom. The first-order valence-corrected chi connectivity index (χ1v) is 23.2. The summed E-state index contributed by atoms with van der Waals surface area (Å²) in [6, 6.07) is 1.98. The standard InChI is InChI=1S/C47H70N4O3S/c1-31(2)34-13-18-47(50-23-24-51-25-27-55-28-26-51)20-19-45(7)37(40(34)47)10-9-36-39-32(3)29-38(43(4,5)35(39)14-15-44(36,45)6)33-11-16-46(17-12-33,41(52)53)30-54-42-48-21-8-22-49-42/h8,11,21-22,29,32,34-37,39-40,50H,1,9-10,12-20,23-28,30H2,2-7H3,(H,52,53)/t32-,34-,35+,36+,37+,39-,40+,44+,45+,46?,47-/m0/s1. The number of nitrogens with one attached hydrogen (secondary N) is 1. The fourth-order valence-corrected chi connectivity index (χ4v) is 15.6. The van der Waals surface area contributed by atoms with Gasteiger partial charge in [0.05, 0.1) is 0 Å². The molecule has 4 saturated carbocycles. The van der Waals surface area contributed by atoms with Crippen molar-refractivity contribution in [2.75, 3.05) is 44.3 Å². The van der Waals surface area contributed by atoms with E-state index < -0.39 is 11.4 Å². The summed E-state index contributed by atoms with van der Waals surface area (Å²) in [4.78, 5) is 23.7. The quantitative estimate of drug-likeness (QED) is 0.228. The number of thioether (sulfide) groups is 1. The SMILES string of the molecule is C=C(C)[C@@H]1CC[C@]2(NCCN3CCSCC3)CC[C@]3(C)[C@H](CC[C@@H]4[C@@H]5[C@@H](CC[C@]43C)C(C)(C)C(C3=CCC(COc4ncccn4)(C(=O)O)CC3)=C[C@@H]5C)[C@@H]12. The van der Waals surface area contributed by atoms with E-state index in [2.05, 4.69) is 92.2 Å². The molecule has 2 heterocycles. The predicted octanol–water partition coefficient (Wildman–Crippen LogP) is 9.48. The predicted molar refractivity (Wildman–Crippen MR) is 224 cm³/mol. The topological polar surface area (TPSA) is 87.6 Å². The zero-order valence-electron chi connectivity index (χ0n) is 34.9. The second kappa shape index (κ2) is 14.9. The second-order valence-electron chi connectivity index (χ2n) is 20.4. The molecule has 0 spiro atoms. The maximum absolute atomic E-state index is 12.7. The lowest BCUT2D eigenvalue weighted by Crippen LogP contribution is -2.67. The minimum atomic E-state index is -0.959. The fraction of sp³-hybridized carbons (Fsp3) is 0.766. The van der Waals surface area contributed by atoms with Crippen LogP contribution in [0.1, 0.15) is 112 Å². The van der Waals surface area contributed by atoms with Gasteiger partial charge in [-0.05, 0) is 152 Å². The van der Waals surface area contributed by atoms with Gasteiger partial charge in [0.15, 0.2) is 0 Å². The average molecular weight is 771 g/mol. The second-order valence-corrected chi connectivity index (χ2v) is 21.6. The minimum absolute atomic E-state index is 0.0505. The molecule has 0 radical (unpaired) electrons. The van der Waals surface area contributed by atoms with Crippen molar-refractivity contribution in [2.45, 2.75) is 118 Å². The van der Waals surface area contributed by atoms with E-state index in [1.54, 1.807) is 18.5 Å². The molecule has 1 aliphatic heterocycles. The summed E-state index contributed by atoms with van der Waals surface area (Å²) >= 11 is 2.11. The molecule has 5 fully saturated rings. The number of ether oxygens (including phenoxy) is 1. The van der Waals surface area contributed by atoms with Crippen molar-refractivity contribution in [3.05, 3.63) is 53.9 Å². The average Bonchev–Trinajstić information content (AvgIpc) is 3.56. The molecule has 11 atom stereocenters. The molecule has 302 valence electrons. The van der Waals surface area contributed by atoms with E-state index in [9.17, 15) is 9.90 Å². The Labute approximate surface area is 336 Å². The third kappa shape index (κ3) is 6.59. The molecule has 2 N–H and O–H groups in total. The highest BCUT2D eigenvalue weighted by atomic mass is 32.2. The summed E-state index contributed by atoms with van der Waals surface area (Å²) in [5, 5.41) is 14.8. The van der Waals surface area contributed by atoms with Crippen LogP contribution in [0.4, 0.5) is 0 Å². The van der Waals surface area contributed by atoms with Gasteiger partial charge in [0, 0.05) is 55.6 Å². The highest BCUT2D eigenvalue weighted by Gasteiger charge is 2.69. The highest BCUT2D eigenvalue weighted by Crippen LogP contribution is 2.74. The molecule has 0 aromatic carbocycles. The van der Waals surface area contributed by atoms with E-state index in [1.807, 2.05) is 0 Å². The lowest BCUT2D eigenvalue weighted by molar-refractivity contribution is -0.201. The van der Waals surface area contributed by atoms with Crippen molar-refractivity contribution in [3.8, 4) is 6.01 Å². The van der Waals surface area contributed by atoms with Crippen LogP contribution in [0.5, 0.6) is 6.01 Å². The van der Waals surface area contributed by atoms with E-state index in [0.717, 1.165) is 24.8 Å². The van der Waals surface area contributed by atoms with Crippen LogP contribution in [0.15, 0.2) is 53.9 Å². The molecule has 1 saturated heterocycles. The number of carboxylic acid groups (broad SMARTS) is 1. The molecule has 1 aromatic rings. The molecule has 0 amide bonds. The number of hydrogen-bond donors (Lipinski definition) is 2. The number of rotatable bonds is 10. The Morgan fingerprint density at radius 2 is 1.71 bits per heavy atom. The number of carboxylic acids is 1. The summed E-state index contributed by atoms with van der Waals surface area (Å²) in [6.45, 7) is 25.0. The number of allylic oxidation sites excluding steroid dienone is 5. The van der Waals surface area contributed by atoms with Crippen LogP contribution in [0.3, 0.4) is 0 Å². The molecule has 0 bridgehead atoms. The van der Waals surface area contributed by atoms with Crippen LogP contribution in [-0.4, -0.2) is 75.8 Å². The molecule has 7 nitrogen and oxygen atoms in total. The van der Waals surface area contributed by atoms with E-state index in [1.165, 1.54) is 99.2 Å². The first kappa shape index (κ1) is 39.7. The Bertz CT molecular complexity index is 1670. The van der Waals surface area contributed by atoms with Gasteiger partial charge in [-0.25, -0.2) is 9.97 Å². The van der Waals surface area contributed by atoms with Crippen LogP contribution >= 0.6 is 11.8 Å². The first-order valence-electron chi connectivity index (χ1n) is 22.0. The van der Waals surface area contributed by atoms with Gasteiger partial charge in [0.25, 0.3) is 0 Å². The molecule has 1 aromatic heterocycles.